The number of nitrogens with zero attached hydrogens (tertiary/aromatic N) is 1. The van der Waals surface area contributed by atoms with Gasteiger partial charge in [-0.15, -0.1) is 0 Å². The molecule has 0 bridgehead atoms. The lowest BCUT2D eigenvalue weighted by Gasteiger charge is -2.38. The molecule has 1 aromatic heterocycles. The van der Waals surface area contributed by atoms with Crippen LogP contribution >= 0.6 is 0 Å². The molecule has 1 saturated heterocycles. The van der Waals surface area contributed by atoms with Gasteiger partial charge in [0.15, 0.2) is 0 Å². The fourth-order valence-electron chi connectivity index (χ4n) is 3.98. The number of H-pyrrole nitrogens is 1. The summed E-state index contributed by atoms with van der Waals surface area (Å²) in [6, 6.07) is 1.34. The number of anilines is 1. The minimum absolute atomic E-state index is 0.00558. The lowest BCUT2D eigenvalue weighted by Crippen LogP contribution is -2.49. The Bertz CT molecular complexity index is 993. The van der Waals surface area contributed by atoms with Crippen LogP contribution in [-0.4, -0.2) is 43.2 Å². The first kappa shape index (κ1) is 27.4. The van der Waals surface area contributed by atoms with E-state index in [4.69, 9.17) is 0 Å². The molecule has 1 fully saturated rings. The molecule has 0 aliphatic carbocycles. The normalized spacial score (nSPS) is 18.3. The van der Waals surface area contributed by atoms with Crippen LogP contribution in [0.4, 0.5) is 19.0 Å². The van der Waals surface area contributed by atoms with E-state index in [0.717, 1.165) is 12.0 Å². The standard InChI is InChI=1S/C25H35F3N4O2/c1-5-6-9-17(2)20(14-18(3)30-23(33)11-12-29-4)19-15-22(31-24(34)16-19)32-13-8-7-10-21(32)25(26,27)28/h6,9,14-16,21,29H,5,7-8,10-13H2,1-4H3,(H,30,33)(H,31,34)/b9-6+,18-14+,20-17+. The van der Waals surface area contributed by atoms with Crippen LogP contribution in [0, 0.1) is 0 Å². The Morgan fingerprint density at radius 1 is 1.26 bits per heavy atom. The van der Waals surface area contributed by atoms with Gasteiger partial charge in [-0.2, -0.15) is 13.2 Å². The molecular formula is C25H35F3N4O2. The number of halogens is 3. The summed E-state index contributed by atoms with van der Waals surface area (Å²) in [6.45, 7) is 6.35. The molecule has 1 atom stereocenters. The zero-order valence-corrected chi connectivity index (χ0v) is 20.3. The molecule has 188 valence electrons. The van der Waals surface area contributed by atoms with E-state index in [0.29, 0.717) is 42.6 Å². The molecule has 2 rings (SSSR count). The Morgan fingerprint density at radius 3 is 2.65 bits per heavy atom. The van der Waals surface area contributed by atoms with E-state index in [-0.39, 0.29) is 24.7 Å². The summed E-state index contributed by atoms with van der Waals surface area (Å²) in [5.74, 6) is -0.00413. The van der Waals surface area contributed by atoms with E-state index in [2.05, 4.69) is 15.6 Å². The number of aromatic amines is 1. The number of nitrogens with one attached hydrogen (secondary N) is 3. The molecule has 1 aromatic rings. The van der Waals surface area contributed by atoms with Gasteiger partial charge in [0, 0.05) is 31.3 Å². The van der Waals surface area contributed by atoms with Gasteiger partial charge in [0.1, 0.15) is 11.9 Å². The molecule has 6 nitrogen and oxygen atoms in total. The highest BCUT2D eigenvalue weighted by atomic mass is 19.4. The summed E-state index contributed by atoms with van der Waals surface area (Å²) < 4.78 is 41.0. The van der Waals surface area contributed by atoms with E-state index in [1.165, 1.54) is 11.0 Å². The van der Waals surface area contributed by atoms with Gasteiger partial charge in [0.2, 0.25) is 11.5 Å². The van der Waals surface area contributed by atoms with Crippen molar-refractivity contribution >= 4 is 17.3 Å². The third kappa shape index (κ3) is 7.90. The van der Waals surface area contributed by atoms with Crippen LogP contribution in [0.15, 0.2) is 46.4 Å². The zero-order chi connectivity index (χ0) is 25.3. The molecule has 1 aliphatic heterocycles. The van der Waals surface area contributed by atoms with Crippen LogP contribution in [0.1, 0.15) is 58.4 Å². The summed E-state index contributed by atoms with van der Waals surface area (Å²) >= 11 is 0. The predicted molar refractivity (Wildman–Crippen MR) is 131 cm³/mol. The quantitative estimate of drug-likeness (QED) is 0.449. The van der Waals surface area contributed by atoms with Crippen LogP contribution in [0.25, 0.3) is 5.57 Å². The molecular weight excluding hydrogens is 445 g/mol. The average molecular weight is 481 g/mol. The second-order valence-electron chi connectivity index (χ2n) is 8.50. The van der Waals surface area contributed by atoms with Gasteiger partial charge in [-0.1, -0.05) is 19.1 Å². The van der Waals surface area contributed by atoms with Crippen molar-refractivity contribution in [3.05, 3.63) is 57.5 Å². The monoisotopic (exact) mass is 480 g/mol. The molecule has 34 heavy (non-hydrogen) atoms. The SMILES string of the molecule is CC/C=C/C(C)=C(\C=C(/C)NC(=O)CCNC)c1cc(N2CCCCC2C(F)(F)F)[nH]c(=O)c1. The van der Waals surface area contributed by atoms with Crippen molar-refractivity contribution in [3.8, 4) is 0 Å². The van der Waals surface area contributed by atoms with Crippen molar-refractivity contribution in [2.75, 3.05) is 25.0 Å². The molecule has 1 amide bonds. The zero-order valence-electron chi connectivity index (χ0n) is 20.3. The Balaban J connectivity index is 2.52. The van der Waals surface area contributed by atoms with E-state index in [9.17, 15) is 22.8 Å². The topological polar surface area (TPSA) is 77.2 Å². The van der Waals surface area contributed by atoms with Crippen molar-refractivity contribution in [1.82, 2.24) is 15.6 Å². The molecule has 2 heterocycles. The Morgan fingerprint density at radius 2 is 2.00 bits per heavy atom. The number of alkyl halides is 3. The van der Waals surface area contributed by atoms with Crippen molar-refractivity contribution < 1.29 is 18.0 Å². The first-order valence-electron chi connectivity index (χ1n) is 11.6. The number of carbonyl (C=O) groups is 1. The number of carbonyl (C=O) groups excluding carboxylic acids is 1. The van der Waals surface area contributed by atoms with E-state index >= 15 is 0 Å². The number of piperidine rings is 1. The molecule has 1 unspecified atom stereocenters. The Labute approximate surface area is 199 Å². The number of amides is 1. The lowest BCUT2D eigenvalue weighted by molar-refractivity contribution is -0.152. The number of allylic oxidation sites excluding steroid dienone is 6. The van der Waals surface area contributed by atoms with Gasteiger partial charge in [-0.25, -0.2) is 0 Å². The number of hydrogen-bond acceptors (Lipinski definition) is 4. The lowest BCUT2D eigenvalue weighted by atomic mass is 9.98. The first-order chi connectivity index (χ1) is 16.1. The van der Waals surface area contributed by atoms with Crippen molar-refractivity contribution in [1.29, 1.82) is 0 Å². The van der Waals surface area contributed by atoms with Gasteiger partial charge in [0.25, 0.3) is 0 Å². The minimum atomic E-state index is -4.39. The summed E-state index contributed by atoms with van der Waals surface area (Å²) in [7, 11) is 1.76. The maximum absolute atomic E-state index is 13.7. The number of pyridine rings is 1. The van der Waals surface area contributed by atoms with Gasteiger partial charge in [0.05, 0.1) is 0 Å². The third-order valence-corrected chi connectivity index (χ3v) is 5.66. The second-order valence-corrected chi connectivity index (χ2v) is 8.50. The van der Waals surface area contributed by atoms with E-state index < -0.39 is 17.8 Å². The minimum Gasteiger partial charge on any atom is -0.346 e. The summed E-state index contributed by atoms with van der Waals surface area (Å²) in [6.07, 6.45) is 3.44. The molecule has 0 saturated carbocycles. The van der Waals surface area contributed by atoms with E-state index in [1.54, 1.807) is 26.1 Å². The molecule has 0 radical (unpaired) electrons. The summed E-state index contributed by atoms with van der Waals surface area (Å²) in [4.78, 5) is 28.5. The first-order valence-corrected chi connectivity index (χ1v) is 11.6. The number of aromatic nitrogens is 1. The smallest absolute Gasteiger partial charge is 0.346 e. The van der Waals surface area contributed by atoms with Crippen LogP contribution in [0.2, 0.25) is 0 Å². The predicted octanol–water partition coefficient (Wildman–Crippen LogP) is 4.67. The molecule has 1 aliphatic rings. The molecule has 0 aromatic carbocycles. The maximum atomic E-state index is 13.7. The van der Waals surface area contributed by atoms with Gasteiger partial charge in [-0.3, -0.25) is 9.59 Å². The maximum Gasteiger partial charge on any atom is 0.408 e. The Hall–Kier alpha value is -2.81. The summed E-state index contributed by atoms with van der Waals surface area (Å²) in [5.41, 5.74) is 2.07. The van der Waals surface area contributed by atoms with Crippen LogP contribution in [0.5, 0.6) is 0 Å². The third-order valence-electron chi connectivity index (χ3n) is 5.66. The van der Waals surface area contributed by atoms with Crippen LogP contribution in [0.3, 0.4) is 0 Å². The van der Waals surface area contributed by atoms with Crippen LogP contribution in [-0.2, 0) is 4.79 Å². The van der Waals surface area contributed by atoms with Gasteiger partial charge in [-0.05, 0) is 75.4 Å². The second kappa shape index (κ2) is 12.6. The average Bonchev–Trinajstić information content (AvgIpc) is 2.78. The van der Waals surface area contributed by atoms with Crippen molar-refractivity contribution in [3.63, 3.8) is 0 Å². The number of hydrogen-bond donors (Lipinski definition) is 3. The Kier molecular flexibility index (Phi) is 10.2. The highest BCUT2D eigenvalue weighted by Gasteiger charge is 2.45. The highest BCUT2D eigenvalue weighted by Crippen LogP contribution is 2.35. The summed E-state index contributed by atoms with van der Waals surface area (Å²) in [5, 5.41) is 5.74. The van der Waals surface area contributed by atoms with Gasteiger partial charge >= 0.3 is 6.18 Å². The van der Waals surface area contributed by atoms with E-state index in [1.807, 2.05) is 26.0 Å². The largest absolute Gasteiger partial charge is 0.408 e. The fourth-order valence-corrected chi connectivity index (χ4v) is 3.98. The van der Waals surface area contributed by atoms with Gasteiger partial charge < -0.3 is 20.5 Å². The molecule has 9 heteroatoms. The van der Waals surface area contributed by atoms with Crippen molar-refractivity contribution in [2.24, 2.45) is 0 Å². The van der Waals surface area contributed by atoms with Crippen LogP contribution < -0.4 is 21.1 Å². The fraction of sp³-hybridized carbons (Fsp3) is 0.520. The number of rotatable bonds is 9. The molecule has 3 N–H and O–H groups in total. The molecule has 0 spiro atoms. The highest BCUT2D eigenvalue weighted by molar-refractivity contribution is 5.82. The van der Waals surface area contributed by atoms with Crippen molar-refractivity contribution in [2.45, 2.75) is 65.1 Å².